The molecule has 0 N–H and O–H groups in total. The molecule has 0 bridgehead atoms. The number of hydrogen-bond acceptors (Lipinski definition) is 4. The van der Waals surface area contributed by atoms with Gasteiger partial charge in [-0.3, -0.25) is 4.79 Å². The average molecular weight is 377 g/mol. The second kappa shape index (κ2) is 7.29. The van der Waals surface area contributed by atoms with Gasteiger partial charge in [-0.25, -0.2) is 0 Å². The van der Waals surface area contributed by atoms with Crippen LogP contribution in [0.4, 0.5) is 0 Å². The molecule has 0 aliphatic carbocycles. The Hall–Kier alpha value is -2.31. The summed E-state index contributed by atoms with van der Waals surface area (Å²) in [5.41, 5.74) is 1.39. The molecule has 1 heterocycles. The van der Waals surface area contributed by atoms with Crippen molar-refractivity contribution in [3.63, 3.8) is 0 Å². The van der Waals surface area contributed by atoms with Crippen molar-refractivity contribution >= 4 is 39.1 Å². The second-order valence-corrected chi connectivity index (χ2v) is 6.67. The highest BCUT2D eigenvalue weighted by atomic mass is 35.5. The Morgan fingerprint density at radius 1 is 1.20 bits per heavy atom. The third kappa shape index (κ3) is 3.41. The van der Waals surface area contributed by atoms with Gasteiger partial charge in [-0.05, 0) is 37.3 Å². The fraction of sp³-hybridized carbons (Fsp3) is 0.222. The number of ether oxygens (including phenoxy) is 2. The van der Waals surface area contributed by atoms with Crippen LogP contribution in [0.15, 0.2) is 41.4 Å². The van der Waals surface area contributed by atoms with Gasteiger partial charge < -0.3 is 14.0 Å². The molecule has 0 unspecified atom stereocenters. The van der Waals surface area contributed by atoms with Crippen molar-refractivity contribution in [1.82, 2.24) is 4.57 Å². The van der Waals surface area contributed by atoms with Crippen LogP contribution in [0.1, 0.15) is 17.3 Å². The van der Waals surface area contributed by atoms with Crippen molar-refractivity contribution in [2.75, 3.05) is 14.2 Å². The molecule has 7 heteroatoms. The van der Waals surface area contributed by atoms with Gasteiger partial charge in [0.25, 0.3) is 5.91 Å². The Morgan fingerprint density at radius 3 is 2.68 bits per heavy atom. The lowest BCUT2D eigenvalue weighted by molar-refractivity contribution is 0.0995. The molecule has 1 amide bonds. The number of carbonyl (C=O) groups is 1. The summed E-state index contributed by atoms with van der Waals surface area (Å²) in [5, 5.41) is 0.659. The molecule has 0 saturated heterocycles. The van der Waals surface area contributed by atoms with Crippen LogP contribution in [0.25, 0.3) is 10.2 Å². The standard InChI is InChI=1S/C18H17ClN2O3S/c1-4-21-14-8-5-11(19)9-16(14)25-18(21)20-17(22)13-7-6-12(23-2)10-15(13)24-3/h5-10H,4H2,1-3H3. The van der Waals surface area contributed by atoms with Crippen molar-refractivity contribution in [3.05, 3.63) is 51.8 Å². The van der Waals surface area contributed by atoms with Crippen molar-refractivity contribution in [2.45, 2.75) is 13.5 Å². The van der Waals surface area contributed by atoms with E-state index in [4.69, 9.17) is 21.1 Å². The molecule has 0 aliphatic rings. The van der Waals surface area contributed by atoms with E-state index in [2.05, 4.69) is 4.99 Å². The van der Waals surface area contributed by atoms with Gasteiger partial charge in [-0.15, -0.1) is 0 Å². The number of halogens is 1. The van der Waals surface area contributed by atoms with Gasteiger partial charge >= 0.3 is 0 Å². The predicted molar refractivity (Wildman–Crippen MR) is 99.9 cm³/mol. The number of aromatic nitrogens is 1. The summed E-state index contributed by atoms with van der Waals surface area (Å²) in [6, 6.07) is 10.7. The summed E-state index contributed by atoms with van der Waals surface area (Å²) in [5.74, 6) is 0.688. The summed E-state index contributed by atoms with van der Waals surface area (Å²) in [6.45, 7) is 2.71. The van der Waals surface area contributed by atoms with Crippen molar-refractivity contribution < 1.29 is 14.3 Å². The van der Waals surface area contributed by atoms with Gasteiger partial charge in [-0.1, -0.05) is 22.9 Å². The maximum Gasteiger partial charge on any atom is 0.283 e. The van der Waals surface area contributed by atoms with Crippen LogP contribution >= 0.6 is 22.9 Å². The summed E-state index contributed by atoms with van der Waals surface area (Å²) in [7, 11) is 3.08. The number of methoxy groups -OCH3 is 2. The minimum atomic E-state index is -0.362. The van der Waals surface area contributed by atoms with Gasteiger partial charge in [0, 0.05) is 17.6 Å². The van der Waals surface area contributed by atoms with E-state index in [1.165, 1.54) is 18.4 Å². The first-order valence-electron chi connectivity index (χ1n) is 7.67. The van der Waals surface area contributed by atoms with Crippen LogP contribution in [-0.2, 0) is 6.54 Å². The molecule has 1 aromatic heterocycles. The largest absolute Gasteiger partial charge is 0.497 e. The number of thiazole rings is 1. The van der Waals surface area contributed by atoms with Crippen LogP contribution < -0.4 is 14.3 Å². The maximum atomic E-state index is 12.7. The number of fused-ring (bicyclic) bond motifs is 1. The number of aryl methyl sites for hydroxylation is 1. The summed E-state index contributed by atoms with van der Waals surface area (Å²) in [4.78, 5) is 17.6. The number of rotatable bonds is 4. The quantitative estimate of drug-likeness (QED) is 0.687. The van der Waals surface area contributed by atoms with E-state index >= 15 is 0 Å². The van der Waals surface area contributed by atoms with Crippen LogP contribution in [0.3, 0.4) is 0 Å². The van der Waals surface area contributed by atoms with Crippen LogP contribution in [0, 0.1) is 0 Å². The molecule has 2 aromatic carbocycles. The molecule has 0 radical (unpaired) electrons. The number of hydrogen-bond donors (Lipinski definition) is 0. The number of nitrogens with zero attached hydrogens (tertiary/aromatic N) is 2. The van der Waals surface area contributed by atoms with Gasteiger partial charge in [0.2, 0.25) is 0 Å². The van der Waals surface area contributed by atoms with Crippen molar-refractivity contribution in [1.29, 1.82) is 0 Å². The Balaban J connectivity index is 2.12. The van der Waals surface area contributed by atoms with Crippen LogP contribution in [-0.4, -0.2) is 24.7 Å². The monoisotopic (exact) mass is 376 g/mol. The molecule has 0 atom stereocenters. The van der Waals surface area contributed by atoms with E-state index < -0.39 is 0 Å². The van der Waals surface area contributed by atoms with Gasteiger partial charge in [0.1, 0.15) is 11.5 Å². The molecule has 130 valence electrons. The zero-order valence-electron chi connectivity index (χ0n) is 14.1. The molecule has 3 rings (SSSR count). The lowest BCUT2D eigenvalue weighted by Gasteiger charge is -2.07. The molecule has 0 spiro atoms. The Kier molecular flexibility index (Phi) is 5.11. The lowest BCUT2D eigenvalue weighted by Crippen LogP contribution is -2.16. The summed E-state index contributed by atoms with van der Waals surface area (Å²) >= 11 is 7.50. The lowest BCUT2D eigenvalue weighted by atomic mass is 10.2. The molecular weight excluding hydrogens is 360 g/mol. The van der Waals surface area contributed by atoms with Gasteiger partial charge in [0.15, 0.2) is 4.80 Å². The van der Waals surface area contributed by atoms with Crippen molar-refractivity contribution in [3.8, 4) is 11.5 Å². The maximum absolute atomic E-state index is 12.7. The third-order valence-corrected chi connectivity index (χ3v) is 5.07. The smallest absolute Gasteiger partial charge is 0.283 e. The average Bonchev–Trinajstić information content (AvgIpc) is 2.96. The highest BCUT2D eigenvalue weighted by Crippen LogP contribution is 2.26. The van der Waals surface area contributed by atoms with E-state index in [-0.39, 0.29) is 5.91 Å². The fourth-order valence-electron chi connectivity index (χ4n) is 2.56. The van der Waals surface area contributed by atoms with E-state index in [1.54, 1.807) is 25.3 Å². The van der Waals surface area contributed by atoms with Crippen LogP contribution in [0.5, 0.6) is 11.5 Å². The highest BCUT2D eigenvalue weighted by Gasteiger charge is 2.14. The van der Waals surface area contributed by atoms with E-state index in [0.29, 0.717) is 33.4 Å². The molecule has 0 aliphatic heterocycles. The topological polar surface area (TPSA) is 52.8 Å². The Morgan fingerprint density at radius 2 is 2.00 bits per heavy atom. The van der Waals surface area contributed by atoms with Crippen molar-refractivity contribution in [2.24, 2.45) is 4.99 Å². The molecule has 5 nitrogen and oxygen atoms in total. The minimum Gasteiger partial charge on any atom is -0.497 e. The predicted octanol–water partition coefficient (Wildman–Crippen LogP) is 4.13. The van der Waals surface area contributed by atoms with Crippen LogP contribution in [0.2, 0.25) is 5.02 Å². The molecule has 25 heavy (non-hydrogen) atoms. The third-order valence-electron chi connectivity index (χ3n) is 3.80. The van der Waals surface area contributed by atoms with E-state index in [0.717, 1.165) is 10.2 Å². The molecule has 0 saturated carbocycles. The Labute approximate surface area is 154 Å². The van der Waals surface area contributed by atoms with E-state index in [9.17, 15) is 4.79 Å². The molecule has 3 aromatic rings. The Bertz CT molecular complexity index is 1010. The fourth-order valence-corrected chi connectivity index (χ4v) is 3.93. The number of amides is 1. The van der Waals surface area contributed by atoms with E-state index in [1.807, 2.05) is 29.7 Å². The highest BCUT2D eigenvalue weighted by molar-refractivity contribution is 7.16. The van der Waals surface area contributed by atoms with Gasteiger partial charge in [0.05, 0.1) is 30.0 Å². The summed E-state index contributed by atoms with van der Waals surface area (Å²) in [6.07, 6.45) is 0. The zero-order valence-corrected chi connectivity index (χ0v) is 15.6. The second-order valence-electron chi connectivity index (χ2n) is 5.22. The minimum absolute atomic E-state index is 0.362. The molecular formula is C18H17ClN2O3S. The molecule has 0 fully saturated rings. The number of benzene rings is 2. The first-order chi connectivity index (χ1) is 12.1. The zero-order chi connectivity index (χ0) is 18.0. The summed E-state index contributed by atoms with van der Waals surface area (Å²) < 4.78 is 13.4. The normalized spacial score (nSPS) is 11.8. The van der Waals surface area contributed by atoms with Gasteiger partial charge in [-0.2, -0.15) is 4.99 Å². The SMILES string of the molecule is CCn1c(=NC(=O)c2ccc(OC)cc2OC)sc2cc(Cl)ccc21. The first-order valence-corrected chi connectivity index (χ1v) is 8.86. The number of carbonyl (C=O) groups excluding carboxylic acids is 1. The first kappa shape index (κ1) is 17.5.